The normalized spacial score (nSPS) is 20.7. The Balaban J connectivity index is 1.62. The summed E-state index contributed by atoms with van der Waals surface area (Å²) in [5.41, 5.74) is 1.70. The Bertz CT molecular complexity index is 489. The second-order valence-corrected chi connectivity index (χ2v) is 6.06. The first-order valence-corrected chi connectivity index (χ1v) is 8.09. The van der Waals surface area contributed by atoms with Gasteiger partial charge in [-0.3, -0.25) is 9.69 Å². The topological polar surface area (TPSA) is 35.6 Å². The molecule has 1 aliphatic carbocycles. The number of hydrogen-bond acceptors (Lipinski definition) is 3. The van der Waals surface area contributed by atoms with Crippen LogP contribution in [0.4, 0.5) is 5.69 Å². The Morgan fingerprint density at radius 2 is 1.76 bits per heavy atom. The smallest absolute Gasteiger partial charge is 0.256 e. The fraction of sp³-hybridized carbons (Fsp3) is 0.588. The molecular weight excluding hydrogens is 262 g/mol. The predicted molar refractivity (Wildman–Crippen MR) is 85.7 cm³/mol. The molecule has 21 heavy (non-hydrogen) atoms. The molecule has 1 aromatic rings. The highest BCUT2D eigenvalue weighted by Gasteiger charge is 2.28. The third-order valence-corrected chi connectivity index (χ3v) is 4.87. The van der Waals surface area contributed by atoms with Crippen molar-refractivity contribution in [2.24, 2.45) is 0 Å². The van der Waals surface area contributed by atoms with E-state index >= 15 is 0 Å². The van der Waals surface area contributed by atoms with Gasteiger partial charge in [0.25, 0.3) is 5.91 Å². The molecule has 1 aliphatic heterocycles. The first-order valence-electron chi connectivity index (χ1n) is 8.09. The average molecular weight is 287 g/mol. The highest BCUT2D eigenvalue weighted by molar-refractivity contribution is 5.99. The number of nitrogens with one attached hydrogen (secondary N) is 1. The van der Waals surface area contributed by atoms with E-state index in [-0.39, 0.29) is 5.91 Å². The van der Waals surface area contributed by atoms with Gasteiger partial charge in [-0.05, 0) is 25.0 Å². The molecule has 114 valence electrons. The predicted octanol–water partition coefficient (Wildman–Crippen LogP) is 2.43. The van der Waals surface area contributed by atoms with Crippen molar-refractivity contribution in [3.63, 3.8) is 0 Å². The van der Waals surface area contributed by atoms with Crippen molar-refractivity contribution in [2.45, 2.75) is 31.7 Å². The van der Waals surface area contributed by atoms with Gasteiger partial charge in [0.05, 0.1) is 5.56 Å². The van der Waals surface area contributed by atoms with Crippen molar-refractivity contribution in [1.82, 2.24) is 9.80 Å². The summed E-state index contributed by atoms with van der Waals surface area (Å²) < 4.78 is 0. The summed E-state index contributed by atoms with van der Waals surface area (Å²) in [6.45, 7) is 3.76. The van der Waals surface area contributed by atoms with E-state index in [4.69, 9.17) is 0 Å². The molecule has 1 saturated heterocycles. The first kappa shape index (κ1) is 14.4. The SMILES string of the molecule is CNc1ccccc1C(=O)N1CCN(C2CCCC2)CC1. The Labute approximate surface area is 127 Å². The van der Waals surface area contributed by atoms with Crippen LogP contribution in [0.5, 0.6) is 0 Å². The second-order valence-electron chi connectivity index (χ2n) is 6.06. The van der Waals surface area contributed by atoms with Gasteiger partial charge in [0.2, 0.25) is 0 Å². The minimum Gasteiger partial charge on any atom is -0.387 e. The molecular formula is C17H25N3O. The summed E-state index contributed by atoms with van der Waals surface area (Å²) in [5, 5.41) is 3.11. The third-order valence-electron chi connectivity index (χ3n) is 4.87. The van der Waals surface area contributed by atoms with Crippen LogP contribution in [0.15, 0.2) is 24.3 Å². The molecule has 2 fully saturated rings. The van der Waals surface area contributed by atoms with Crippen LogP contribution in [-0.2, 0) is 0 Å². The van der Waals surface area contributed by atoms with E-state index in [1.54, 1.807) is 0 Å². The molecule has 4 nitrogen and oxygen atoms in total. The van der Waals surface area contributed by atoms with Crippen LogP contribution in [0.2, 0.25) is 0 Å². The Hall–Kier alpha value is -1.55. The molecule has 0 bridgehead atoms. The largest absolute Gasteiger partial charge is 0.387 e. The molecule has 1 N–H and O–H groups in total. The summed E-state index contributed by atoms with van der Waals surface area (Å²) in [4.78, 5) is 17.3. The van der Waals surface area contributed by atoms with Crippen molar-refractivity contribution < 1.29 is 4.79 Å². The van der Waals surface area contributed by atoms with Crippen LogP contribution in [0.1, 0.15) is 36.0 Å². The molecule has 1 amide bonds. The molecule has 1 saturated carbocycles. The van der Waals surface area contributed by atoms with Crippen molar-refractivity contribution in [3.05, 3.63) is 29.8 Å². The molecule has 1 heterocycles. The Kier molecular flexibility index (Phi) is 4.44. The van der Waals surface area contributed by atoms with Gasteiger partial charge in [-0.1, -0.05) is 25.0 Å². The van der Waals surface area contributed by atoms with Crippen molar-refractivity contribution >= 4 is 11.6 Å². The molecule has 4 heteroatoms. The zero-order chi connectivity index (χ0) is 14.7. The monoisotopic (exact) mass is 287 g/mol. The lowest BCUT2D eigenvalue weighted by Gasteiger charge is -2.38. The number of carbonyl (C=O) groups excluding carboxylic acids is 1. The summed E-state index contributed by atoms with van der Waals surface area (Å²) >= 11 is 0. The van der Waals surface area contributed by atoms with Crippen LogP contribution in [-0.4, -0.2) is 55.0 Å². The minimum absolute atomic E-state index is 0.158. The van der Waals surface area contributed by atoms with Crippen LogP contribution >= 0.6 is 0 Å². The van der Waals surface area contributed by atoms with E-state index in [9.17, 15) is 4.79 Å². The lowest BCUT2D eigenvalue weighted by molar-refractivity contribution is 0.0574. The van der Waals surface area contributed by atoms with Crippen molar-refractivity contribution in [3.8, 4) is 0 Å². The van der Waals surface area contributed by atoms with Gasteiger partial charge in [0.1, 0.15) is 0 Å². The summed E-state index contributed by atoms with van der Waals surface area (Å²) in [5.74, 6) is 0.158. The fourth-order valence-corrected chi connectivity index (χ4v) is 3.62. The van der Waals surface area contributed by atoms with Gasteiger partial charge in [-0.25, -0.2) is 0 Å². The van der Waals surface area contributed by atoms with E-state index in [1.807, 2.05) is 36.2 Å². The maximum absolute atomic E-state index is 12.7. The maximum Gasteiger partial charge on any atom is 0.256 e. The zero-order valence-corrected chi connectivity index (χ0v) is 12.8. The number of amides is 1. The lowest BCUT2D eigenvalue weighted by Crippen LogP contribution is -2.51. The van der Waals surface area contributed by atoms with Gasteiger partial charge in [-0.15, -0.1) is 0 Å². The third kappa shape index (κ3) is 3.05. The van der Waals surface area contributed by atoms with Crippen LogP contribution in [0, 0.1) is 0 Å². The van der Waals surface area contributed by atoms with Crippen LogP contribution < -0.4 is 5.32 Å². The molecule has 0 unspecified atom stereocenters. The van der Waals surface area contributed by atoms with Crippen molar-refractivity contribution in [1.29, 1.82) is 0 Å². The van der Waals surface area contributed by atoms with E-state index in [2.05, 4.69) is 10.2 Å². The molecule has 1 aromatic carbocycles. The number of nitrogens with zero attached hydrogens (tertiary/aromatic N) is 2. The summed E-state index contributed by atoms with van der Waals surface area (Å²) in [7, 11) is 1.87. The standard InChI is InChI=1S/C17H25N3O/c1-18-16-9-5-4-8-15(16)17(21)20-12-10-19(11-13-20)14-6-2-3-7-14/h4-5,8-9,14,18H,2-3,6-7,10-13H2,1H3. The minimum atomic E-state index is 0.158. The summed E-state index contributed by atoms with van der Waals surface area (Å²) in [6.07, 6.45) is 5.44. The Morgan fingerprint density at radius 1 is 1.10 bits per heavy atom. The lowest BCUT2D eigenvalue weighted by atomic mass is 10.1. The molecule has 3 rings (SSSR count). The number of piperazine rings is 1. The Morgan fingerprint density at radius 3 is 2.43 bits per heavy atom. The molecule has 0 aromatic heterocycles. The van der Waals surface area contributed by atoms with Gasteiger partial charge >= 0.3 is 0 Å². The van der Waals surface area contributed by atoms with E-state index in [1.165, 1.54) is 25.7 Å². The number of anilines is 1. The maximum atomic E-state index is 12.7. The molecule has 0 radical (unpaired) electrons. The number of carbonyl (C=O) groups is 1. The summed E-state index contributed by atoms with van der Waals surface area (Å²) in [6, 6.07) is 8.54. The molecule has 2 aliphatic rings. The average Bonchev–Trinajstić information content (AvgIpc) is 3.09. The number of benzene rings is 1. The van der Waals surface area contributed by atoms with Gasteiger partial charge in [0, 0.05) is 45.0 Å². The van der Waals surface area contributed by atoms with E-state index in [0.717, 1.165) is 43.5 Å². The van der Waals surface area contributed by atoms with E-state index < -0.39 is 0 Å². The number of rotatable bonds is 3. The first-order chi connectivity index (χ1) is 10.3. The second kappa shape index (κ2) is 6.48. The van der Waals surface area contributed by atoms with Crippen LogP contribution in [0.25, 0.3) is 0 Å². The fourth-order valence-electron chi connectivity index (χ4n) is 3.62. The quantitative estimate of drug-likeness (QED) is 0.927. The van der Waals surface area contributed by atoms with Crippen LogP contribution in [0.3, 0.4) is 0 Å². The zero-order valence-electron chi connectivity index (χ0n) is 12.8. The van der Waals surface area contributed by atoms with Gasteiger partial charge < -0.3 is 10.2 Å². The van der Waals surface area contributed by atoms with E-state index in [0.29, 0.717) is 0 Å². The number of hydrogen-bond donors (Lipinski definition) is 1. The highest BCUT2D eigenvalue weighted by Crippen LogP contribution is 2.25. The van der Waals surface area contributed by atoms with Gasteiger partial charge in [-0.2, -0.15) is 0 Å². The molecule has 0 spiro atoms. The van der Waals surface area contributed by atoms with Crippen molar-refractivity contribution in [2.75, 3.05) is 38.5 Å². The molecule has 0 atom stereocenters. The highest BCUT2D eigenvalue weighted by atomic mass is 16.2. The number of para-hydroxylation sites is 1. The van der Waals surface area contributed by atoms with Gasteiger partial charge in [0.15, 0.2) is 0 Å².